The van der Waals surface area contributed by atoms with Crippen LogP contribution in [-0.4, -0.2) is 35.2 Å². The smallest absolute Gasteiger partial charge is 0.190 e. The highest BCUT2D eigenvalue weighted by atomic mass is 16.7. The van der Waals surface area contributed by atoms with Crippen molar-refractivity contribution in [3.63, 3.8) is 0 Å². The van der Waals surface area contributed by atoms with Gasteiger partial charge in [0.2, 0.25) is 0 Å². The average molecular weight is 259 g/mol. The van der Waals surface area contributed by atoms with Crippen molar-refractivity contribution in [2.75, 3.05) is 20.2 Å². The van der Waals surface area contributed by atoms with Crippen LogP contribution in [0, 0.1) is 0 Å². The summed E-state index contributed by atoms with van der Waals surface area (Å²) >= 11 is 0. The number of methoxy groups -OCH3 is 1. The molecule has 1 aromatic carbocycles. The van der Waals surface area contributed by atoms with E-state index in [9.17, 15) is 0 Å². The lowest BCUT2D eigenvalue weighted by atomic mass is 10.2. The van der Waals surface area contributed by atoms with Crippen LogP contribution in [0.25, 0.3) is 10.9 Å². The minimum absolute atomic E-state index is 0.705. The number of piperidine rings is 1. The van der Waals surface area contributed by atoms with Crippen LogP contribution >= 0.6 is 0 Å². The molecule has 0 radical (unpaired) electrons. The lowest BCUT2D eigenvalue weighted by molar-refractivity contribution is -0.0734. The zero-order valence-corrected chi connectivity index (χ0v) is 11.0. The summed E-state index contributed by atoms with van der Waals surface area (Å²) in [5, 5.41) is 2.95. The number of fused-ring (bicyclic) bond motifs is 1. The van der Waals surface area contributed by atoms with Crippen LogP contribution in [0.15, 0.2) is 24.7 Å². The zero-order chi connectivity index (χ0) is 13.1. The molecule has 0 aliphatic carbocycles. The summed E-state index contributed by atoms with van der Waals surface area (Å²) in [5.74, 6) is 1.43. The summed E-state index contributed by atoms with van der Waals surface area (Å²) in [4.78, 5) is 14.2. The standard InChI is InChI=1S/C14H17N3O2/c1-18-13-8-12-11(9-15-10-16-12)7-14(13)19-17-5-3-2-4-6-17/h7-10H,2-6H2,1H3. The summed E-state index contributed by atoms with van der Waals surface area (Å²) in [7, 11) is 1.64. The summed E-state index contributed by atoms with van der Waals surface area (Å²) in [6.45, 7) is 1.93. The van der Waals surface area contributed by atoms with E-state index in [2.05, 4.69) is 9.97 Å². The Kier molecular flexibility index (Phi) is 3.46. The second kappa shape index (κ2) is 5.40. The van der Waals surface area contributed by atoms with Gasteiger partial charge in [0.15, 0.2) is 11.5 Å². The molecule has 5 nitrogen and oxygen atoms in total. The quantitative estimate of drug-likeness (QED) is 0.847. The van der Waals surface area contributed by atoms with Gasteiger partial charge in [-0.05, 0) is 18.9 Å². The molecule has 0 N–H and O–H groups in total. The number of aromatic nitrogens is 2. The maximum absolute atomic E-state index is 5.94. The van der Waals surface area contributed by atoms with E-state index in [1.165, 1.54) is 25.6 Å². The van der Waals surface area contributed by atoms with Crippen molar-refractivity contribution in [1.82, 2.24) is 15.0 Å². The lowest BCUT2D eigenvalue weighted by Gasteiger charge is -2.26. The lowest BCUT2D eigenvalue weighted by Crippen LogP contribution is -2.32. The normalized spacial score (nSPS) is 16.5. The van der Waals surface area contributed by atoms with Crippen LogP contribution in [-0.2, 0) is 0 Å². The van der Waals surface area contributed by atoms with Gasteiger partial charge >= 0.3 is 0 Å². The Morgan fingerprint density at radius 2 is 1.95 bits per heavy atom. The summed E-state index contributed by atoms with van der Waals surface area (Å²) in [5.41, 5.74) is 0.859. The molecule has 19 heavy (non-hydrogen) atoms. The topological polar surface area (TPSA) is 47.5 Å². The van der Waals surface area contributed by atoms with E-state index in [1.807, 2.05) is 17.2 Å². The number of benzene rings is 1. The number of hydrogen-bond donors (Lipinski definition) is 0. The van der Waals surface area contributed by atoms with Crippen LogP contribution in [0.4, 0.5) is 0 Å². The van der Waals surface area contributed by atoms with Crippen molar-refractivity contribution in [2.45, 2.75) is 19.3 Å². The fraction of sp³-hybridized carbons (Fsp3) is 0.429. The number of hydrogen-bond acceptors (Lipinski definition) is 5. The van der Waals surface area contributed by atoms with E-state index in [-0.39, 0.29) is 0 Å². The van der Waals surface area contributed by atoms with Gasteiger partial charge in [0.05, 0.1) is 12.6 Å². The van der Waals surface area contributed by atoms with E-state index in [4.69, 9.17) is 9.57 Å². The first-order chi connectivity index (χ1) is 9.36. The van der Waals surface area contributed by atoms with Gasteiger partial charge < -0.3 is 9.57 Å². The third-order valence-corrected chi connectivity index (χ3v) is 3.33. The maximum Gasteiger partial charge on any atom is 0.190 e. The summed E-state index contributed by atoms with van der Waals surface area (Å²) in [6.07, 6.45) is 6.96. The maximum atomic E-state index is 5.94. The van der Waals surface area contributed by atoms with Gasteiger partial charge in [-0.25, -0.2) is 9.97 Å². The molecule has 1 saturated heterocycles. The van der Waals surface area contributed by atoms with Gasteiger partial charge in [-0.1, -0.05) is 6.42 Å². The second-order valence-electron chi connectivity index (χ2n) is 4.67. The van der Waals surface area contributed by atoms with Gasteiger partial charge in [-0.2, -0.15) is 0 Å². The largest absolute Gasteiger partial charge is 0.493 e. The number of nitrogens with zero attached hydrogens (tertiary/aromatic N) is 3. The van der Waals surface area contributed by atoms with Crippen molar-refractivity contribution in [1.29, 1.82) is 0 Å². The predicted octanol–water partition coefficient (Wildman–Crippen LogP) is 2.42. The Morgan fingerprint density at radius 3 is 2.74 bits per heavy atom. The number of rotatable bonds is 3. The first-order valence-corrected chi connectivity index (χ1v) is 6.57. The van der Waals surface area contributed by atoms with Crippen LogP contribution < -0.4 is 9.57 Å². The molecule has 0 spiro atoms. The minimum Gasteiger partial charge on any atom is -0.493 e. The molecule has 0 unspecified atom stereocenters. The van der Waals surface area contributed by atoms with Gasteiger partial charge in [-0.15, -0.1) is 5.06 Å². The highest BCUT2D eigenvalue weighted by Crippen LogP contribution is 2.32. The molecule has 0 amide bonds. The molecule has 1 aromatic heterocycles. The van der Waals surface area contributed by atoms with Crippen LogP contribution in [0.5, 0.6) is 11.5 Å². The zero-order valence-electron chi connectivity index (χ0n) is 11.0. The molecule has 0 bridgehead atoms. The molecular weight excluding hydrogens is 242 g/mol. The highest BCUT2D eigenvalue weighted by molar-refractivity contribution is 5.81. The van der Waals surface area contributed by atoms with E-state index in [1.54, 1.807) is 13.3 Å². The van der Waals surface area contributed by atoms with E-state index < -0.39 is 0 Å². The predicted molar refractivity (Wildman–Crippen MR) is 72.1 cm³/mol. The number of hydroxylamine groups is 2. The molecule has 1 aliphatic rings. The molecule has 5 heteroatoms. The molecule has 1 fully saturated rings. The molecular formula is C14H17N3O2. The molecule has 0 saturated carbocycles. The third-order valence-electron chi connectivity index (χ3n) is 3.33. The first-order valence-electron chi connectivity index (χ1n) is 6.57. The summed E-state index contributed by atoms with van der Waals surface area (Å²) < 4.78 is 5.38. The van der Waals surface area contributed by atoms with E-state index in [0.29, 0.717) is 5.75 Å². The van der Waals surface area contributed by atoms with E-state index in [0.717, 1.165) is 29.7 Å². The first kappa shape index (κ1) is 12.2. The molecule has 1 aliphatic heterocycles. The summed E-state index contributed by atoms with van der Waals surface area (Å²) in [6, 6.07) is 3.82. The fourth-order valence-corrected chi connectivity index (χ4v) is 2.32. The minimum atomic E-state index is 0.705. The van der Waals surface area contributed by atoms with Crippen molar-refractivity contribution in [3.05, 3.63) is 24.7 Å². The van der Waals surface area contributed by atoms with Crippen LogP contribution in [0.1, 0.15) is 19.3 Å². The van der Waals surface area contributed by atoms with Crippen LogP contribution in [0.3, 0.4) is 0 Å². The Balaban J connectivity index is 1.91. The van der Waals surface area contributed by atoms with Gasteiger partial charge in [0.25, 0.3) is 0 Å². The monoisotopic (exact) mass is 259 g/mol. The number of ether oxygens (including phenoxy) is 1. The van der Waals surface area contributed by atoms with Crippen molar-refractivity contribution < 1.29 is 9.57 Å². The Bertz CT molecular complexity index is 568. The molecule has 0 atom stereocenters. The Hall–Kier alpha value is -1.88. The molecule has 100 valence electrons. The van der Waals surface area contributed by atoms with Crippen molar-refractivity contribution >= 4 is 10.9 Å². The van der Waals surface area contributed by atoms with Gasteiger partial charge in [0, 0.05) is 30.7 Å². The highest BCUT2D eigenvalue weighted by Gasteiger charge is 2.15. The Labute approximate surface area is 112 Å². The average Bonchev–Trinajstić information content (AvgIpc) is 2.47. The third kappa shape index (κ3) is 2.61. The fourth-order valence-electron chi connectivity index (χ4n) is 2.32. The Morgan fingerprint density at radius 1 is 1.11 bits per heavy atom. The van der Waals surface area contributed by atoms with Gasteiger partial charge in [0.1, 0.15) is 6.33 Å². The van der Waals surface area contributed by atoms with E-state index >= 15 is 0 Å². The SMILES string of the molecule is COc1cc2ncncc2cc1ON1CCCCC1. The molecule has 2 heterocycles. The van der Waals surface area contributed by atoms with Crippen LogP contribution in [0.2, 0.25) is 0 Å². The molecule has 2 aromatic rings. The van der Waals surface area contributed by atoms with Gasteiger partial charge in [-0.3, -0.25) is 0 Å². The second-order valence-corrected chi connectivity index (χ2v) is 4.67. The van der Waals surface area contributed by atoms with Crippen molar-refractivity contribution in [3.8, 4) is 11.5 Å². The van der Waals surface area contributed by atoms with Crippen molar-refractivity contribution in [2.24, 2.45) is 0 Å². The molecule has 3 rings (SSSR count).